The second kappa shape index (κ2) is 11.1. The Kier molecular flexibility index (Phi) is 8.02. The number of allylic oxidation sites excluding steroid dienone is 1. The number of fused-ring (bicyclic) bond motifs is 1. The molecule has 0 aliphatic rings. The summed E-state index contributed by atoms with van der Waals surface area (Å²) < 4.78 is 7.35. The first-order chi connectivity index (χ1) is 15.5. The van der Waals surface area contributed by atoms with Crippen molar-refractivity contribution in [2.45, 2.75) is 26.2 Å². The van der Waals surface area contributed by atoms with Crippen molar-refractivity contribution in [3.8, 4) is 5.75 Å². The van der Waals surface area contributed by atoms with Gasteiger partial charge in [0.1, 0.15) is 5.75 Å². The average molecular weight is 434 g/mol. The zero-order valence-electron chi connectivity index (χ0n) is 19.0. The van der Waals surface area contributed by atoms with Crippen molar-refractivity contribution in [1.82, 2.24) is 14.9 Å². The van der Waals surface area contributed by atoms with Crippen LogP contribution in [0.4, 0.5) is 5.82 Å². The highest BCUT2D eigenvalue weighted by Crippen LogP contribution is 2.21. The summed E-state index contributed by atoms with van der Waals surface area (Å²) in [6.45, 7) is 7.42. The highest BCUT2D eigenvalue weighted by atomic mass is 16.5. The number of hydrogen-bond donors (Lipinski definition) is 2. The van der Waals surface area contributed by atoms with E-state index >= 15 is 0 Å². The van der Waals surface area contributed by atoms with Crippen molar-refractivity contribution in [1.29, 1.82) is 0 Å². The molecular weight excluding hydrogens is 402 g/mol. The van der Waals surface area contributed by atoms with Gasteiger partial charge in [0.25, 0.3) is 0 Å². The highest BCUT2D eigenvalue weighted by molar-refractivity contribution is 5.81. The molecule has 3 aromatic rings. The van der Waals surface area contributed by atoms with Gasteiger partial charge in [0.2, 0.25) is 5.91 Å². The van der Waals surface area contributed by atoms with Crippen LogP contribution in [-0.2, 0) is 11.2 Å². The summed E-state index contributed by atoms with van der Waals surface area (Å²) in [4.78, 5) is 21.3. The molecule has 0 fully saturated rings. The molecule has 3 rings (SSSR count). The molecule has 168 valence electrons. The van der Waals surface area contributed by atoms with E-state index in [9.17, 15) is 4.79 Å². The normalized spacial score (nSPS) is 11.4. The zero-order valence-corrected chi connectivity index (χ0v) is 19.0. The SMILES string of the molecule is C=C(C)n1c(=NC)c(NCCCCNC(=O)Cc2ccccc2)nc2cc(OC)ccc21. The monoisotopic (exact) mass is 433 g/mol. The number of nitrogens with one attached hydrogen (secondary N) is 2. The fourth-order valence-corrected chi connectivity index (χ4v) is 3.54. The minimum Gasteiger partial charge on any atom is -0.497 e. The van der Waals surface area contributed by atoms with Gasteiger partial charge in [-0.15, -0.1) is 0 Å². The van der Waals surface area contributed by atoms with Crippen LogP contribution < -0.4 is 20.9 Å². The Morgan fingerprint density at radius 3 is 2.59 bits per heavy atom. The van der Waals surface area contributed by atoms with E-state index in [-0.39, 0.29) is 5.91 Å². The number of unbranched alkanes of at least 4 members (excludes halogenated alkanes) is 1. The van der Waals surface area contributed by atoms with Crippen LogP contribution in [0.25, 0.3) is 16.7 Å². The largest absolute Gasteiger partial charge is 0.497 e. The Bertz CT molecular complexity index is 1150. The summed E-state index contributed by atoms with van der Waals surface area (Å²) in [5, 5.41) is 6.38. The second-order valence-corrected chi connectivity index (χ2v) is 7.58. The van der Waals surface area contributed by atoms with E-state index in [1.165, 1.54) is 0 Å². The number of carbonyl (C=O) groups excluding carboxylic acids is 1. The maximum atomic E-state index is 12.1. The number of aromatic nitrogens is 2. The van der Waals surface area contributed by atoms with E-state index in [4.69, 9.17) is 9.72 Å². The molecule has 32 heavy (non-hydrogen) atoms. The predicted octanol–water partition coefficient (Wildman–Crippen LogP) is 3.62. The molecule has 2 N–H and O–H groups in total. The van der Waals surface area contributed by atoms with Gasteiger partial charge in [0, 0.05) is 31.9 Å². The summed E-state index contributed by atoms with van der Waals surface area (Å²) in [6, 6.07) is 15.5. The average Bonchev–Trinajstić information content (AvgIpc) is 2.80. The molecule has 0 aliphatic carbocycles. The molecule has 0 atom stereocenters. The van der Waals surface area contributed by atoms with Gasteiger partial charge in [-0.3, -0.25) is 14.4 Å². The number of nitrogens with zero attached hydrogens (tertiary/aromatic N) is 3. The van der Waals surface area contributed by atoms with E-state index in [0.717, 1.165) is 52.9 Å². The molecular formula is C25H31N5O2. The van der Waals surface area contributed by atoms with Crippen molar-refractivity contribution >= 4 is 28.5 Å². The summed E-state index contributed by atoms with van der Waals surface area (Å²) in [5.74, 6) is 1.49. The highest BCUT2D eigenvalue weighted by Gasteiger charge is 2.11. The van der Waals surface area contributed by atoms with Crippen LogP contribution in [0.5, 0.6) is 5.75 Å². The molecule has 0 spiro atoms. The molecule has 0 saturated carbocycles. The molecule has 0 bridgehead atoms. The molecule has 0 saturated heterocycles. The van der Waals surface area contributed by atoms with E-state index < -0.39 is 0 Å². The quantitative estimate of drug-likeness (QED) is 0.479. The van der Waals surface area contributed by atoms with Crippen molar-refractivity contribution in [3.05, 3.63) is 66.2 Å². The van der Waals surface area contributed by atoms with Gasteiger partial charge < -0.3 is 15.4 Å². The van der Waals surface area contributed by atoms with E-state index in [1.807, 2.05) is 60.0 Å². The first kappa shape index (κ1) is 23.1. The molecule has 0 radical (unpaired) electrons. The molecule has 0 aliphatic heterocycles. The fourth-order valence-electron chi connectivity index (χ4n) is 3.54. The third-order valence-electron chi connectivity index (χ3n) is 5.10. The minimum atomic E-state index is 0.0453. The summed E-state index contributed by atoms with van der Waals surface area (Å²) in [6.07, 6.45) is 2.17. The van der Waals surface area contributed by atoms with Crippen LogP contribution in [0, 0.1) is 0 Å². The van der Waals surface area contributed by atoms with Gasteiger partial charge >= 0.3 is 0 Å². The third kappa shape index (κ3) is 5.75. The summed E-state index contributed by atoms with van der Waals surface area (Å²) in [5.41, 5.74) is 4.33. The van der Waals surface area contributed by atoms with E-state index in [1.54, 1.807) is 14.2 Å². The van der Waals surface area contributed by atoms with Crippen LogP contribution in [0.2, 0.25) is 0 Å². The third-order valence-corrected chi connectivity index (χ3v) is 5.10. The van der Waals surface area contributed by atoms with Crippen molar-refractivity contribution in [2.75, 3.05) is 32.6 Å². The lowest BCUT2D eigenvalue weighted by atomic mass is 10.1. The smallest absolute Gasteiger partial charge is 0.224 e. The van der Waals surface area contributed by atoms with Crippen molar-refractivity contribution in [3.63, 3.8) is 0 Å². The maximum Gasteiger partial charge on any atom is 0.224 e. The number of rotatable bonds is 10. The molecule has 1 heterocycles. The van der Waals surface area contributed by atoms with Crippen LogP contribution in [-0.4, -0.2) is 42.7 Å². The first-order valence-corrected chi connectivity index (χ1v) is 10.8. The number of benzene rings is 2. The lowest BCUT2D eigenvalue weighted by molar-refractivity contribution is -0.120. The van der Waals surface area contributed by atoms with Crippen LogP contribution >= 0.6 is 0 Å². The van der Waals surface area contributed by atoms with Crippen molar-refractivity contribution < 1.29 is 9.53 Å². The fraction of sp³-hybridized carbons (Fsp3) is 0.320. The molecule has 0 unspecified atom stereocenters. The summed E-state index contributed by atoms with van der Waals surface area (Å²) >= 11 is 0. The summed E-state index contributed by atoms with van der Waals surface area (Å²) in [7, 11) is 3.39. The Balaban J connectivity index is 1.59. The number of hydrogen-bond acceptors (Lipinski definition) is 5. The van der Waals surface area contributed by atoms with Crippen LogP contribution in [0.1, 0.15) is 25.3 Å². The molecule has 1 amide bonds. The second-order valence-electron chi connectivity index (χ2n) is 7.58. The molecule has 7 nitrogen and oxygen atoms in total. The number of amides is 1. The Morgan fingerprint density at radius 1 is 1.16 bits per heavy atom. The van der Waals surface area contributed by atoms with Gasteiger partial charge in [-0.25, -0.2) is 4.98 Å². The van der Waals surface area contributed by atoms with Crippen LogP contribution in [0.15, 0.2) is 60.1 Å². The molecule has 1 aromatic heterocycles. The Labute approximate surface area is 188 Å². The number of anilines is 1. The minimum absolute atomic E-state index is 0.0453. The molecule has 2 aromatic carbocycles. The maximum absolute atomic E-state index is 12.1. The Hall–Kier alpha value is -3.61. The van der Waals surface area contributed by atoms with Gasteiger partial charge in [-0.1, -0.05) is 36.9 Å². The van der Waals surface area contributed by atoms with E-state index in [2.05, 4.69) is 22.2 Å². The predicted molar refractivity (Wildman–Crippen MR) is 130 cm³/mol. The number of carbonyl (C=O) groups is 1. The van der Waals surface area contributed by atoms with Crippen molar-refractivity contribution in [2.24, 2.45) is 4.99 Å². The van der Waals surface area contributed by atoms with Gasteiger partial charge in [-0.05, 0) is 37.5 Å². The Morgan fingerprint density at radius 2 is 1.91 bits per heavy atom. The molecule has 7 heteroatoms. The lowest BCUT2D eigenvalue weighted by Gasteiger charge is -2.16. The number of ether oxygens (including phenoxy) is 1. The van der Waals surface area contributed by atoms with Crippen LogP contribution in [0.3, 0.4) is 0 Å². The standard InChI is InChI=1S/C25H31N5O2/c1-18(2)30-22-13-12-20(32-4)17-21(22)29-24(25(30)26-3)28-15-9-8-14-27-23(31)16-19-10-6-5-7-11-19/h5-7,10-13,17H,1,8-9,14-16H2,2-4H3,(H,27,31)(H,28,29). The topological polar surface area (TPSA) is 80.5 Å². The number of methoxy groups -OCH3 is 1. The van der Waals surface area contributed by atoms with E-state index in [0.29, 0.717) is 18.8 Å². The first-order valence-electron chi connectivity index (χ1n) is 10.8. The lowest BCUT2D eigenvalue weighted by Crippen LogP contribution is -2.27. The zero-order chi connectivity index (χ0) is 22.9. The van der Waals surface area contributed by atoms with Gasteiger partial charge in [0.05, 0.1) is 24.6 Å². The van der Waals surface area contributed by atoms with Gasteiger partial charge in [0.15, 0.2) is 11.3 Å². The van der Waals surface area contributed by atoms with Gasteiger partial charge in [-0.2, -0.15) is 0 Å².